The molecule has 2 aromatic rings. The number of likely N-dealkylation sites (tertiary alicyclic amines) is 1. The monoisotopic (exact) mass is 427 g/mol. The number of hydrogen-bond donors (Lipinski definition) is 1. The van der Waals surface area contributed by atoms with Gasteiger partial charge in [-0.1, -0.05) is 0 Å². The lowest BCUT2D eigenvalue weighted by Crippen LogP contribution is -2.50. The van der Waals surface area contributed by atoms with Crippen molar-refractivity contribution in [2.24, 2.45) is 0 Å². The van der Waals surface area contributed by atoms with E-state index in [-0.39, 0.29) is 11.8 Å². The highest BCUT2D eigenvalue weighted by Gasteiger charge is 2.42. The van der Waals surface area contributed by atoms with Crippen LogP contribution in [0.25, 0.3) is 11.3 Å². The first-order valence-corrected chi connectivity index (χ1v) is 10.3. The van der Waals surface area contributed by atoms with Gasteiger partial charge in [-0.3, -0.25) is 9.88 Å². The molecule has 2 heterocycles. The van der Waals surface area contributed by atoms with Gasteiger partial charge in [0.05, 0.1) is 23.6 Å². The number of benzene rings is 1. The molecule has 1 N–H and O–H groups in total. The minimum Gasteiger partial charge on any atom is -0.491 e. The maximum Gasteiger partial charge on any atom is 0.410 e. The molecule has 166 valence electrons. The topological polar surface area (TPSA) is 102 Å². The largest absolute Gasteiger partial charge is 0.491 e. The number of carbonyl (C=O) groups excluding carboxylic acids is 1. The molecule has 0 unspecified atom stereocenters. The van der Waals surface area contributed by atoms with Gasteiger partial charge in [-0.05, 0) is 71.2 Å². The van der Waals surface area contributed by atoms with Crippen LogP contribution in [0.5, 0.6) is 5.75 Å². The number of aromatic carboxylic acids is 1. The van der Waals surface area contributed by atoms with Crippen molar-refractivity contribution in [3.63, 3.8) is 0 Å². The highest BCUT2D eigenvalue weighted by Crippen LogP contribution is 2.32. The number of carbonyl (C=O) groups is 2. The van der Waals surface area contributed by atoms with E-state index in [0.29, 0.717) is 24.6 Å². The van der Waals surface area contributed by atoms with Crippen LogP contribution in [0.15, 0.2) is 30.6 Å². The second-order valence-electron chi connectivity index (χ2n) is 9.10. The van der Waals surface area contributed by atoms with Gasteiger partial charge in [0.1, 0.15) is 18.0 Å². The molecule has 0 spiro atoms. The Morgan fingerprint density at radius 1 is 1.26 bits per heavy atom. The van der Waals surface area contributed by atoms with Crippen molar-refractivity contribution in [1.29, 1.82) is 0 Å². The van der Waals surface area contributed by atoms with Crippen LogP contribution in [0.2, 0.25) is 0 Å². The first-order valence-electron chi connectivity index (χ1n) is 10.3. The van der Waals surface area contributed by atoms with E-state index in [2.05, 4.69) is 9.97 Å². The third-order valence-electron chi connectivity index (χ3n) is 5.23. The van der Waals surface area contributed by atoms with E-state index >= 15 is 0 Å². The molecule has 0 saturated carbocycles. The van der Waals surface area contributed by atoms with Gasteiger partial charge < -0.3 is 14.6 Å². The number of carboxylic acids is 1. The highest BCUT2D eigenvalue weighted by molar-refractivity contribution is 5.85. The lowest BCUT2D eigenvalue weighted by Gasteiger charge is -2.36. The summed E-state index contributed by atoms with van der Waals surface area (Å²) in [5.41, 5.74) is 1.01. The Kier molecular flexibility index (Phi) is 6.20. The summed E-state index contributed by atoms with van der Waals surface area (Å²) in [6.07, 6.45) is 4.16. The van der Waals surface area contributed by atoms with Crippen LogP contribution in [0.1, 0.15) is 56.6 Å². The predicted octanol–water partition coefficient (Wildman–Crippen LogP) is 4.32. The molecule has 1 saturated heterocycles. The number of hydrogen-bond acceptors (Lipinski definition) is 6. The molecule has 1 aromatic heterocycles. The zero-order valence-electron chi connectivity index (χ0n) is 18.6. The number of amides is 1. The summed E-state index contributed by atoms with van der Waals surface area (Å²) in [5.74, 6) is -0.422. The summed E-state index contributed by atoms with van der Waals surface area (Å²) >= 11 is 0. The summed E-state index contributed by atoms with van der Waals surface area (Å²) in [7, 11) is 0. The minimum absolute atomic E-state index is 0.105. The molecule has 8 nitrogen and oxygen atoms in total. The Morgan fingerprint density at radius 2 is 2.00 bits per heavy atom. The van der Waals surface area contributed by atoms with Crippen LogP contribution in [0, 0.1) is 6.92 Å². The van der Waals surface area contributed by atoms with Crippen molar-refractivity contribution in [2.75, 3.05) is 13.2 Å². The zero-order chi connectivity index (χ0) is 22.8. The Hall–Kier alpha value is -3.16. The van der Waals surface area contributed by atoms with Crippen molar-refractivity contribution in [2.45, 2.75) is 58.6 Å². The predicted molar refractivity (Wildman–Crippen MR) is 115 cm³/mol. The van der Waals surface area contributed by atoms with Crippen LogP contribution in [-0.4, -0.2) is 56.3 Å². The molecule has 31 heavy (non-hydrogen) atoms. The Morgan fingerprint density at radius 3 is 2.65 bits per heavy atom. The molecule has 1 aliphatic rings. The number of nitrogens with zero attached hydrogens (tertiary/aromatic N) is 3. The van der Waals surface area contributed by atoms with Crippen LogP contribution in [0.4, 0.5) is 4.79 Å². The van der Waals surface area contributed by atoms with Gasteiger partial charge in [0.15, 0.2) is 5.69 Å². The molecule has 0 aliphatic carbocycles. The summed E-state index contributed by atoms with van der Waals surface area (Å²) in [4.78, 5) is 33.6. The molecule has 3 rings (SSSR count). The third-order valence-corrected chi connectivity index (χ3v) is 5.23. The first-order chi connectivity index (χ1) is 14.5. The van der Waals surface area contributed by atoms with Gasteiger partial charge in [-0.15, -0.1) is 0 Å². The van der Waals surface area contributed by atoms with E-state index in [1.807, 2.05) is 52.8 Å². The average molecular weight is 428 g/mol. The molecule has 1 fully saturated rings. The van der Waals surface area contributed by atoms with E-state index in [0.717, 1.165) is 24.0 Å². The molecule has 1 aromatic carbocycles. The van der Waals surface area contributed by atoms with E-state index in [9.17, 15) is 9.59 Å². The Bertz CT molecular complexity index is 985. The van der Waals surface area contributed by atoms with Gasteiger partial charge in [0.25, 0.3) is 0 Å². The third kappa shape index (κ3) is 5.31. The molecular weight excluding hydrogens is 398 g/mol. The normalized spacial score (nSPS) is 18.7. The molecule has 0 radical (unpaired) electrons. The second-order valence-corrected chi connectivity index (χ2v) is 9.10. The van der Waals surface area contributed by atoms with E-state index in [4.69, 9.17) is 14.6 Å². The van der Waals surface area contributed by atoms with Crippen molar-refractivity contribution < 1.29 is 24.2 Å². The quantitative estimate of drug-likeness (QED) is 0.758. The van der Waals surface area contributed by atoms with Crippen molar-refractivity contribution in [3.05, 3.63) is 41.9 Å². The summed E-state index contributed by atoms with van der Waals surface area (Å²) < 4.78 is 11.7. The number of carboxylic acid groups (broad SMARTS) is 1. The van der Waals surface area contributed by atoms with Crippen LogP contribution in [-0.2, 0) is 4.74 Å². The summed E-state index contributed by atoms with van der Waals surface area (Å²) in [5, 5.41) is 9.12. The maximum absolute atomic E-state index is 12.6. The maximum atomic E-state index is 12.6. The highest BCUT2D eigenvalue weighted by atomic mass is 16.6. The van der Waals surface area contributed by atoms with Crippen molar-refractivity contribution >= 4 is 12.1 Å². The number of rotatable bonds is 5. The van der Waals surface area contributed by atoms with Crippen LogP contribution in [0.3, 0.4) is 0 Å². The molecule has 1 aliphatic heterocycles. The van der Waals surface area contributed by atoms with Gasteiger partial charge >= 0.3 is 12.1 Å². The molecule has 8 heteroatoms. The van der Waals surface area contributed by atoms with Gasteiger partial charge in [-0.2, -0.15) is 0 Å². The van der Waals surface area contributed by atoms with Crippen LogP contribution < -0.4 is 4.74 Å². The van der Waals surface area contributed by atoms with Gasteiger partial charge in [0.2, 0.25) is 0 Å². The Balaban J connectivity index is 1.72. The zero-order valence-corrected chi connectivity index (χ0v) is 18.6. The SMILES string of the molecule is Cc1cc(-c2cncc(C(=O)O)n2)ccc1OC[C@]1(C)CCCN1C(=O)OC(C)(C)C. The van der Waals surface area contributed by atoms with Gasteiger partial charge in [-0.25, -0.2) is 14.6 Å². The van der Waals surface area contributed by atoms with E-state index in [1.54, 1.807) is 4.90 Å². The molecule has 1 atom stereocenters. The minimum atomic E-state index is -1.12. The molecule has 1 amide bonds. The van der Waals surface area contributed by atoms with E-state index < -0.39 is 17.1 Å². The van der Waals surface area contributed by atoms with E-state index in [1.165, 1.54) is 12.4 Å². The van der Waals surface area contributed by atoms with Crippen molar-refractivity contribution in [1.82, 2.24) is 14.9 Å². The molecule has 0 bridgehead atoms. The fraction of sp³-hybridized carbons (Fsp3) is 0.478. The number of aromatic nitrogens is 2. The standard InChI is InChI=1S/C23H29N3O5/c1-15-11-16(17-12-24-13-18(25-17)20(27)28)7-8-19(15)30-14-23(5)9-6-10-26(23)21(29)31-22(2,3)4/h7-8,11-13H,6,9-10,14H2,1-5H3,(H,27,28)/t23-/m0/s1. The second kappa shape index (κ2) is 8.53. The first kappa shape index (κ1) is 22.5. The van der Waals surface area contributed by atoms with Crippen molar-refractivity contribution in [3.8, 4) is 17.0 Å². The number of ether oxygens (including phenoxy) is 2. The molecular formula is C23H29N3O5. The smallest absolute Gasteiger partial charge is 0.410 e. The summed E-state index contributed by atoms with van der Waals surface area (Å²) in [6, 6.07) is 5.53. The number of aryl methyl sites for hydroxylation is 1. The Labute approximate surface area is 182 Å². The lowest BCUT2D eigenvalue weighted by molar-refractivity contribution is 0.00235. The van der Waals surface area contributed by atoms with Crippen LogP contribution >= 0.6 is 0 Å². The lowest BCUT2D eigenvalue weighted by atomic mass is 10.0. The summed E-state index contributed by atoms with van der Waals surface area (Å²) in [6.45, 7) is 10.5. The fourth-order valence-corrected chi connectivity index (χ4v) is 3.61. The fourth-order valence-electron chi connectivity index (χ4n) is 3.61. The van der Waals surface area contributed by atoms with Gasteiger partial charge in [0, 0.05) is 12.1 Å². The average Bonchev–Trinajstić information content (AvgIpc) is 3.08.